The molecule has 1 rings (SSSR count). The van der Waals surface area contributed by atoms with Crippen molar-refractivity contribution in [3.05, 3.63) is 29.6 Å². The van der Waals surface area contributed by atoms with Gasteiger partial charge in [0, 0.05) is 18.5 Å². The molecule has 1 aromatic rings. The molecule has 4 nitrogen and oxygen atoms in total. The predicted octanol–water partition coefficient (Wildman–Crippen LogP) is 2.72. The number of unbranched alkanes of at least 4 members (excludes halogenated alkanes) is 1. The number of amides is 1. The number of benzene rings is 1. The van der Waals surface area contributed by atoms with Gasteiger partial charge in [-0.3, -0.25) is 9.59 Å². The number of aryl methyl sites for hydroxylation is 1. The first kappa shape index (κ1) is 14.2. The van der Waals surface area contributed by atoms with E-state index in [2.05, 4.69) is 5.32 Å². The van der Waals surface area contributed by atoms with Crippen molar-refractivity contribution in [2.45, 2.75) is 32.6 Å². The SMILES string of the molecule is Cc1cc(F)ccc1NC(=O)CCCCC(=O)O. The lowest BCUT2D eigenvalue weighted by Gasteiger charge is -2.08. The Bertz CT molecular complexity index is 446. The fourth-order valence-corrected chi connectivity index (χ4v) is 1.54. The van der Waals surface area contributed by atoms with Crippen LogP contribution in [0.4, 0.5) is 10.1 Å². The molecule has 0 bridgehead atoms. The molecule has 0 saturated carbocycles. The van der Waals surface area contributed by atoms with Crippen LogP contribution < -0.4 is 5.32 Å². The molecular formula is C13H16FNO3. The largest absolute Gasteiger partial charge is 0.481 e. The molecule has 2 N–H and O–H groups in total. The van der Waals surface area contributed by atoms with E-state index in [1.54, 1.807) is 6.92 Å². The summed E-state index contributed by atoms with van der Waals surface area (Å²) < 4.78 is 12.8. The molecule has 0 radical (unpaired) electrons. The number of carbonyl (C=O) groups is 2. The van der Waals surface area contributed by atoms with Gasteiger partial charge in [0.05, 0.1) is 0 Å². The lowest BCUT2D eigenvalue weighted by molar-refractivity contribution is -0.137. The first-order valence-electron chi connectivity index (χ1n) is 5.77. The zero-order chi connectivity index (χ0) is 13.5. The molecule has 0 aliphatic carbocycles. The first-order chi connectivity index (χ1) is 8.49. The van der Waals surface area contributed by atoms with E-state index in [4.69, 9.17) is 5.11 Å². The number of hydrogen-bond acceptors (Lipinski definition) is 2. The molecule has 0 atom stereocenters. The first-order valence-corrected chi connectivity index (χ1v) is 5.77. The second-order valence-electron chi connectivity index (χ2n) is 4.11. The van der Waals surface area contributed by atoms with E-state index in [1.807, 2.05) is 0 Å². The molecule has 0 aromatic heterocycles. The van der Waals surface area contributed by atoms with Crippen LogP contribution >= 0.6 is 0 Å². The van der Waals surface area contributed by atoms with Gasteiger partial charge in [0.15, 0.2) is 0 Å². The van der Waals surface area contributed by atoms with Crippen LogP contribution in [0.3, 0.4) is 0 Å². The van der Waals surface area contributed by atoms with E-state index in [0.29, 0.717) is 24.1 Å². The zero-order valence-corrected chi connectivity index (χ0v) is 10.2. The molecule has 0 unspecified atom stereocenters. The third-order valence-corrected chi connectivity index (χ3v) is 2.51. The summed E-state index contributed by atoms with van der Waals surface area (Å²) in [4.78, 5) is 21.8. The number of halogens is 1. The molecule has 98 valence electrons. The Balaban J connectivity index is 2.38. The maximum atomic E-state index is 12.8. The maximum Gasteiger partial charge on any atom is 0.303 e. The van der Waals surface area contributed by atoms with Gasteiger partial charge < -0.3 is 10.4 Å². The lowest BCUT2D eigenvalue weighted by atomic mass is 10.1. The molecule has 0 heterocycles. The molecule has 0 aliphatic heterocycles. The molecule has 1 amide bonds. The zero-order valence-electron chi connectivity index (χ0n) is 10.2. The van der Waals surface area contributed by atoms with Crippen LogP contribution in [-0.4, -0.2) is 17.0 Å². The van der Waals surface area contributed by atoms with Crippen LogP contribution in [0.2, 0.25) is 0 Å². The highest BCUT2D eigenvalue weighted by atomic mass is 19.1. The molecule has 0 aliphatic rings. The van der Waals surface area contributed by atoms with Crippen molar-refractivity contribution < 1.29 is 19.1 Å². The van der Waals surface area contributed by atoms with E-state index in [9.17, 15) is 14.0 Å². The van der Waals surface area contributed by atoms with Crippen molar-refractivity contribution in [1.82, 2.24) is 0 Å². The van der Waals surface area contributed by atoms with Gasteiger partial charge >= 0.3 is 5.97 Å². The Morgan fingerprint density at radius 2 is 1.94 bits per heavy atom. The number of nitrogens with one attached hydrogen (secondary N) is 1. The third-order valence-electron chi connectivity index (χ3n) is 2.51. The molecule has 0 fully saturated rings. The summed E-state index contributed by atoms with van der Waals surface area (Å²) >= 11 is 0. The Hall–Kier alpha value is -1.91. The monoisotopic (exact) mass is 253 g/mol. The average molecular weight is 253 g/mol. The van der Waals surface area contributed by atoms with Gasteiger partial charge in [0.1, 0.15) is 5.82 Å². The number of carbonyl (C=O) groups excluding carboxylic acids is 1. The van der Waals surface area contributed by atoms with Crippen LogP contribution in [0.25, 0.3) is 0 Å². The van der Waals surface area contributed by atoms with E-state index < -0.39 is 5.97 Å². The fourth-order valence-electron chi connectivity index (χ4n) is 1.54. The van der Waals surface area contributed by atoms with Crippen LogP contribution in [0.1, 0.15) is 31.2 Å². The summed E-state index contributed by atoms with van der Waals surface area (Å²) in [6.07, 6.45) is 1.34. The van der Waals surface area contributed by atoms with E-state index in [0.717, 1.165) is 0 Å². The highest BCUT2D eigenvalue weighted by Crippen LogP contribution is 2.16. The minimum absolute atomic E-state index is 0.0723. The second kappa shape index (κ2) is 6.74. The fraction of sp³-hybridized carbons (Fsp3) is 0.385. The molecular weight excluding hydrogens is 237 g/mol. The summed E-state index contributed by atoms with van der Waals surface area (Å²) in [6, 6.07) is 4.15. The van der Waals surface area contributed by atoms with Crippen LogP contribution in [0, 0.1) is 12.7 Å². The number of carboxylic acid groups (broad SMARTS) is 1. The van der Waals surface area contributed by atoms with Gasteiger partial charge in [0.25, 0.3) is 0 Å². The molecule has 5 heteroatoms. The van der Waals surface area contributed by atoms with Crippen molar-refractivity contribution >= 4 is 17.6 Å². The van der Waals surface area contributed by atoms with Crippen molar-refractivity contribution in [2.24, 2.45) is 0 Å². The van der Waals surface area contributed by atoms with Gasteiger partial charge in [-0.1, -0.05) is 0 Å². The van der Waals surface area contributed by atoms with Gasteiger partial charge in [-0.25, -0.2) is 4.39 Å². The number of hydrogen-bond donors (Lipinski definition) is 2. The second-order valence-corrected chi connectivity index (χ2v) is 4.11. The number of rotatable bonds is 6. The van der Waals surface area contributed by atoms with Crippen LogP contribution in [0.5, 0.6) is 0 Å². The summed E-state index contributed by atoms with van der Waals surface area (Å²) in [5, 5.41) is 11.1. The van der Waals surface area contributed by atoms with Crippen molar-refractivity contribution in [2.75, 3.05) is 5.32 Å². The van der Waals surface area contributed by atoms with Gasteiger partial charge in [-0.15, -0.1) is 0 Å². The summed E-state index contributed by atoms with van der Waals surface area (Å²) in [5.41, 5.74) is 1.24. The topological polar surface area (TPSA) is 66.4 Å². The Kier molecular flexibility index (Phi) is 5.30. The highest BCUT2D eigenvalue weighted by molar-refractivity contribution is 5.91. The minimum Gasteiger partial charge on any atom is -0.481 e. The summed E-state index contributed by atoms with van der Waals surface area (Å²) in [5.74, 6) is -1.38. The summed E-state index contributed by atoms with van der Waals surface area (Å²) in [6.45, 7) is 1.71. The van der Waals surface area contributed by atoms with Crippen LogP contribution in [-0.2, 0) is 9.59 Å². The third kappa shape index (κ3) is 4.95. The minimum atomic E-state index is -0.857. The smallest absolute Gasteiger partial charge is 0.303 e. The Morgan fingerprint density at radius 1 is 1.28 bits per heavy atom. The predicted molar refractivity (Wildman–Crippen MR) is 65.9 cm³/mol. The van der Waals surface area contributed by atoms with E-state index >= 15 is 0 Å². The lowest BCUT2D eigenvalue weighted by Crippen LogP contribution is -2.12. The molecule has 1 aromatic carbocycles. The van der Waals surface area contributed by atoms with Gasteiger partial charge in [-0.05, 0) is 43.5 Å². The van der Waals surface area contributed by atoms with Gasteiger partial charge in [-0.2, -0.15) is 0 Å². The molecule has 0 spiro atoms. The summed E-state index contributed by atoms with van der Waals surface area (Å²) in [7, 11) is 0. The standard InChI is InChI=1S/C13H16FNO3/c1-9-8-10(14)6-7-11(9)15-12(16)4-2-3-5-13(17)18/h6-8H,2-5H2,1H3,(H,15,16)(H,17,18). The molecule has 18 heavy (non-hydrogen) atoms. The van der Waals surface area contributed by atoms with Crippen molar-refractivity contribution in [1.29, 1.82) is 0 Å². The van der Waals surface area contributed by atoms with Gasteiger partial charge in [0.2, 0.25) is 5.91 Å². The quantitative estimate of drug-likeness (QED) is 0.766. The van der Waals surface area contributed by atoms with Crippen LogP contribution in [0.15, 0.2) is 18.2 Å². The van der Waals surface area contributed by atoms with E-state index in [1.165, 1.54) is 18.2 Å². The average Bonchev–Trinajstić information content (AvgIpc) is 2.28. The highest BCUT2D eigenvalue weighted by Gasteiger charge is 2.06. The molecule has 0 saturated heterocycles. The number of carboxylic acids is 1. The normalized spacial score (nSPS) is 10.1. The number of anilines is 1. The maximum absolute atomic E-state index is 12.8. The number of aliphatic carboxylic acids is 1. The van der Waals surface area contributed by atoms with E-state index in [-0.39, 0.29) is 24.6 Å². The Morgan fingerprint density at radius 3 is 2.56 bits per heavy atom. The van der Waals surface area contributed by atoms with Crippen molar-refractivity contribution in [3.63, 3.8) is 0 Å². The Labute approximate surface area is 105 Å². The van der Waals surface area contributed by atoms with Crippen molar-refractivity contribution in [3.8, 4) is 0 Å².